The van der Waals surface area contributed by atoms with Crippen LogP contribution in [0.15, 0.2) is 48.5 Å². The lowest BCUT2D eigenvalue weighted by molar-refractivity contribution is -0.154. The van der Waals surface area contributed by atoms with Crippen LogP contribution < -0.4 is 5.32 Å². The number of nitrogens with zero attached hydrogens (tertiary/aromatic N) is 1. The molecule has 2 fully saturated rings. The Bertz CT molecular complexity index is 1060. The fraction of sp³-hybridized carbons (Fsp3) is 0.400. The van der Waals surface area contributed by atoms with Crippen LogP contribution >= 0.6 is 22.6 Å². The van der Waals surface area contributed by atoms with Crippen molar-refractivity contribution < 1.29 is 23.9 Å². The van der Waals surface area contributed by atoms with Crippen molar-refractivity contribution in [3.8, 4) is 11.1 Å². The van der Waals surface area contributed by atoms with Crippen molar-refractivity contribution in [1.29, 1.82) is 0 Å². The zero-order valence-corrected chi connectivity index (χ0v) is 20.4. The number of hydrogen-bond donors (Lipinski definition) is 1. The number of alkyl carbamates (subject to hydrolysis) is 1. The summed E-state index contributed by atoms with van der Waals surface area (Å²) in [5.74, 6) is -0.695. The third-order valence-electron chi connectivity index (χ3n) is 6.97. The molecule has 1 N–H and O–H groups in total. The zero-order chi connectivity index (χ0) is 23.1. The van der Waals surface area contributed by atoms with Crippen LogP contribution in [0.25, 0.3) is 11.1 Å². The summed E-state index contributed by atoms with van der Waals surface area (Å²) in [5, 5.41) is 2.75. The summed E-state index contributed by atoms with van der Waals surface area (Å²) in [4.78, 5) is 39.6. The molecule has 7 nitrogen and oxygen atoms in total. The van der Waals surface area contributed by atoms with Crippen molar-refractivity contribution in [2.75, 3.05) is 13.7 Å². The Morgan fingerprint density at radius 2 is 1.70 bits per heavy atom. The molecule has 2 aromatic rings. The van der Waals surface area contributed by atoms with Crippen molar-refractivity contribution in [2.24, 2.45) is 0 Å². The van der Waals surface area contributed by atoms with Crippen molar-refractivity contribution in [3.63, 3.8) is 0 Å². The Balaban J connectivity index is 1.26. The van der Waals surface area contributed by atoms with Gasteiger partial charge in [-0.3, -0.25) is 4.79 Å². The van der Waals surface area contributed by atoms with Gasteiger partial charge in [0.25, 0.3) is 0 Å². The fourth-order valence-corrected chi connectivity index (χ4v) is 6.66. The van der Waals surface area contributed by atoms with Crippen molar-refractivity contribution in [3.05, 3.63) is 59.7 Å². The number of esters is 1. The molecule has 2 saturated heterocycles. The molecule has 0 saturated carbocycles. The van der Waals surface area contributed by atoms with Gasteiger partial charge in [-0.05, 0) is 41.5 Å². The Morgan fingerprint density at radius 3 is 2.33 bits per heavy atom. The SMILES string of the molecule is COC(=O)[C@@H]1CC[C@@H]2[C@H](I)C[C@H](NC(=O)OCC3c4ccccc4-c4ccccc43)C(=O)N21. The summed E-state index contributed by atoms with van der Waals surface area (Å²) in [7, 11) is 1.33. The highest BCUT2D eigenvalue weighted by atomic mass is 127. The van der Waals surface area contributed by atoms with Gasteiger partial charge in [0, 0.05) is 15.9 Å². The molecule has 4 atom stereocenters. The molecular formula is C25H25IN2O5. The third kappa shape index (κ3) is 3.88. The molecule has 2 amide bonds. The minimum atomic E-state index is -0.718. The highest BCUT2D eigenvalue weighted by molar-refractivity contribution is 14.1. The van der Waals surface area contributed by atoms with Crippen LogP contribution in [0.3, 0.4) is 0 Å². The molecule has 1 aliphatic carbocycles. The summed E-state index contributed by atoms with van der Waals surface area (Å²) >= 11 is 2.31. The third-order valence-corrected chi connectivity index (χ3v) is 8.31. The van der Waals surface area contributed by atoms with E-state index < -0.39 is 24.1 Å². The standard InChI is InChI=1S/C25H25IN2O5/c1-32-24(30)22-11-10-21-19(26)12-20(23(29)28(21)22)27-25(31)33-13-18-16-8-4-2-6-14(16)15-7-3-5-9-17(15)18/h2-9,18-22H,10-13H2,1H3,(H,27,31)/t19-,20+,21-,22+/m1/s1. The second-order valence-corrected chi connectivity index (χ2v) is 10.3. The second kappa shape index (κ2) is 8.96. The number of alkyl halides is 1. The minimum absolute atomic E-state index is 0.0113. The number of hydrogen-bond acceptors (Lipinski definition) is 5. The fourth-order valence-electron chi connectivity index (χ4n) is 5.44. The van der Waals surface area contributed by atoms with Gasteiger partial charge in [0.1, 0.15) is 18.7 Å². The highest BCUT2D eigenvalue weighted by Gasteiger charge is 2.50. The lowest BCUT2D eigenvalue weighted by Gasteiger charge is -2.40. The van der Waals surface area contributed by atoms with Crippen LogP contribution in [0.5, 0.6) is 0 Å². The van der Waals surface area contributed by atoms with E-state index in [-0.39, 0.29) is 28.4 Å². The maximum absolute atomic E-state index is 13.2. The molecular weight excluding hydrogens is 535 g/mol. The van der Waals surface area contributed by atoms with Gasteiger partial charge in [-0.15, -0.1) is 0 Å². The Hall–Kier alpha value is -2.62. The van der Waals surface area contributed by atoms with Crippen LogP contribution in [0.1, 0.15) is 36.3 Å². The predicted octanol–water partition coefficient (Wildman–Crippen LogP) is 3.63. The number of fused-ring (bicyclic) bond motifs is 4. The van der Waals surface area contributed by atoms with Gasteiger partial charge in [-0.25, -0.2) is 9.59 Å². The van der Waals surface area contributed by atoms with Crippen LogP contribution in [-0.2, 0) is 19.1 Å². The molecule has 0 aromatic heterocycles. The molecule has 0 unspecified atom stereocenters. The molecule has 33 heavy (non-hydrogen) atoms. The summed E-state index contributed by atoms with van der Waals surface area (Å²) in [6, 6.07) is 15.0. The van der Waals surface area contributed by atoms with E-state index in [1.807, 2.05) is 24.3 Å². The highest BCUT2D eigenvalue weighted by Crippen LogP contribution is 2.44. The largest absolute Gasteiger partial charge is 0.467 e. The van der Waals surface area contributed by atoms with Gasteiger partial charge in [-0.1, -0.05) is 71.1 Å². The Labute approximate surface area is 205 Å². The number of rotatable bonds is 4. The van der Waals surface area contributed by atoms with E-state index in [0.717, 1.165) is 28.7 Å². The molecule has 2 aliphatic heterocycles. The quantitative estimate of drug-likeness (QED) is 0.351. The van der Waals surface area contributed by atoms with Crippen LogP contribution in [0, 0.1) is 0 Å². The molecule has 0 spiro atoms. The molecule has 172 valence electrons. The summed E-state index contributed by atoms with van der Waals surface area (Å²) < 4.78 is 10.6. The molecule has 2 aromatic carbocycles. The lowest BCUT2D eigenvalue weighted by Crippen LogP contribution is -2.61. The number of halogens is 1. The second-order valence-electron chi connectivity index (χ2n) is 8.70. The average molecular weight is 560 g/mol. The maximum atomic E-state index is 13.2. The number of nitrogens with one attached hydrogen (secondary N) is 1. The normalized spacial score (nSPS) is 25.8. The summed E-state index contributed by atoms with van der Waals surface area (Å²) in [5.41, 5.74) is 4.58. The number of carbonyl (C=O) groups is 3. The number of benzene rings is 2. The van der Waals surface area contributed by atoms with Crippen LogP contribution in [-0.4, -0.2) is 58.6 Å². The Kier molecular flexibility index (Phi) is 6.03. The first-order valence-electron chi connectivity index (χ1n) is 11.1. The van der Waals surface area contributed by atoms with Gasteiger partial charge in [0.2, 0.25) is 5.91 Å². The van der Waals surface area contributed by atoms with Crippen molar-refractivity contribution >= 4 is 40.6 Å². The lowest BCUT2D eigenvalue weighted by atomic mass is 9.98. The van der Waals surface area contributed by atoms with Crippen molar-refractivity contribution in [2.45, 2.75) is 47.2 Å². The zero-order valence-electron chi connectivity index (χ0n) is 18.2. The predicted molar refractivity (Wildman–Crippen MR) is 130 cm³/mol. The summed E-state index contributed by atoms with van der Waals surface area (Å²) in [6.07, 6.45) is 1.24. The van der Waals surface area contributed by atoms with E-state index in [2.05, 4.69) is 52.2 Å². The van der Waals surface area contributed by atoms with Gasteiger partial charge in [0.15, 0.2) is 0 Å². The number of carbonyl (C=O) groups excluding carboxylic acids is 3. The Morgan fingerprint density at radius 1 is 1.06 bits per heavy atom. The van der Waals surface area contributed by atoms with Gasteiger partial charge >= 0.3 is 12.1 Å². The van der Waals surface area contributed by atoms with E-state index in [1.54, 1.807) is 4.90 Å². The molecule has 3 aliphatic rings. The summed E-state index contributed by atoms with van der Waals surface area (Å²) in [6.45, 7) is 0.186. The van der Waals surface area contributed by atoms with Gasteiger partial charge in [-0.2, -0.15) is 0 Å². The molecule has 2 heterocycles. The average Bonchev–Trinajstić information content (AvgIpc) is 3.41. The van der Waals surface area contributed by atoms with E-state index >= 15 is 0 Å². The minimum Gasteiger partial charge on any atom is -0.467 e. The van der Waals surface area contributed by atoms with Crippen molar-refractivity contribution in [1.82, 2.24) is 10.2 Å². The first kappa shape index (κ1) is 22.2. The number of amides is 2. The van der Waals surface area contributed by atoms with Gasteiger partial charge in [0.05, 0.1) is 7.11 Å². The molecule has 0 radical (unpaired) electrons. The van der Waals surface area contributed by atoms with Crippen LogP contribution in [0.2, 0.25) is 0 Å². The van der Waals surface area contributed by atoms with E-state index in [4.69, 9.17) is 9.47 Å². The number of piperidine rings is 1. The number of methoxy groups -OCH3 is 1. The van der Waals surface area contributed by atoms with Gasteiger partial charge < -0.3 is 19.7 Å². The monoisotopic (exact) mass is 560 g/mol. The molecule has 0 bridgehead atoms. The first-order chi connectivity index (χ1) is 16.0. The van der Waals surface area contributed by atoms with E-state index in [1.165, 1.54) is 7.11 Å². The van der Waals surface area contributed by atoms with E-state index in [0.29, 0.717) is 12.8 Å². The topological polar surface area (TPSA) is 84.9 Å². The molecule has 5 rings (SSSR count). The number of ether oxygens (including phenoxy) is 2. The smallest absolute Gasteiger partial charge is 0.407 e. The maximum Gasteiger partial charge on any atom is 0.407 e. The van der Waals surface area contributed by atoms with Crippen LogP contribution in [0.4, 0.5) is 4.79 Å². The molecule has 8 heteroatoms. The first-order valence-corrected chi connectivity index (χ1v) is 12.4. The van der Waals surface area contributed by atoms with E-state index in [9.17, 15) is 14.4 Å².